The van der Waals surface area contributed by atoms with Crippen molar-refractivity contribution in [1.29, 1.82) is 0 Å². The highest BCUT2D eigenvalue weighted by molar-refractivity contribution is 6.34. The summed E-state index contributed by atoms with van der Waals surface area (Å²) in [5, 5.41) is 12.0. The molecular formula is C18H20ClN5O. The average Bonchev–Trinajstić information content (AvgIpc) is 3.04. The van der Waals surface area contributed by atoms with E-state index in [2.05, 4.69) is 15.5 Å². The van der Waals surface area contributed by atoms with E-state index in [4.69, 9.17) is 11.6 Å². The summed E-state index contributed by atoms with van der Waals surface area (Å²) >= 11 is 6.18. The molecule has 0 fully saturated rings. The zero-order valence-electron chi connectivity index (χ0n) is 14.7. The first-order valence-electron chi connectivity index (χ1n) is 7.98. The highest BCUT2D eigenvalue weighted by Crippen LogP contribution is 2.20. The van der Waals surface area contributed by atoms with Crippen LogP contribution in [0, 0.1) is 20.8 Å². The Morgan fingerprint density at radius 3 is 2.40 bits per heavy atom. The summed E-state index contributed by atoms with van der Waals surface area (Å²) in [5.41, 5.74) is 4.85. The molecule has 1 aromatic carbocycles. The maximum absolute atomic E-state index is 12.4. The monoisotopic (exact) mass is 357 g/mol. The first-order chi connectivity index (χ1) is 11.9. The zero-order valence-corrected chi connectivity index (χ0v) is 15.4. The van der Waals surface area contributed by atoms with Crippen LogP contribution in [0.15, 0.2) is 30.3 Å². The molecule has 0 saturated heterocycles. The molecule has 1 N–H and O–H groups in total. The number of benzene rings is 1. The molecule has 0 aliphatic carbocycles. The highest BCUT2D eigenvalue weighted by atomic mass is 35.5. The molecule has 0 unspecified atom stereocenters. The van der Waals surface area contributed by atoms with E-state index in [1.807, 2.05) is 55.8 Å². The van der Waals surface area contributed by atoms with Crippen LogP contribution in [0.25, 0.3) is 5.69 Å². The zero-order chi connectivity index (χ0) is 18.1. The van der Waals surface area contributed by atoms with Crippen molar-refractivity contribution in [2.24, 2.45) is 7.05 Å². The van der Waals surface area contributed by atoms with Gasteiger partial charge < -0.3 is 5.32 Å². The van der Waals surface area contributed by atoms with E-state index in [9.17, 15) is 4.79 Å². The molecule has 0 bridgehead atoms. The number of nitrogens with one attached hydrogen (secondary N) is 1. The smallest absolute Gasteiger partial charge is 0.273 e. The predicted molar refractivity (Wildman–Crippen MR) is 97.2 cm³/mol. The Kier molecular flexibility index (Phi) is 4.63. The van der Waals surface area contributed by atoms with E-state index in [1.54, 1.807) is 11.7 Å². The van der Waals surface area contributed by atoms with Crippen LogP contribution in [0.1, 0.15) is 33.1 Å². The molecule has 0 saturated carbocycles. The molecule has 2 heterocycles. The van der Waals surface area contributed by atoms with Crippen LogP contribution >= 0.6 is 11.6 Å². The van der Waals surface area contributed by atoms with Crippen LogP contribution in [0.2, 0.25) is 5.02 Å². The molecule has 0 radical (unpaired) electrons. The van der Waals surface area contributed by atoms with E-state index >= 15 is 0 Å². The summed E-state index contributed by atoms with van der Waals surface area (Å²) in [6.07, 6.45) is 0. The normalized spacial score (nSPS) is 10.9. The van der Waals surface area contributed by atoms with Gasteiger partial charge in [0.15, 0.2) is 5.69 Å². The van der Waals surface area contributed by atoms with Gasteiger partial charge in [0.1, 0.15) is 0 Å². The van der Waals surface area contributed by atoms with Gasteiger partial charge in [0.25, 0.3) is 5.91 Å². The van der Waals surface area contributed by atoms with Crippen LogP contribution in [0.5, 0.6) is 0 Å². The fourth-order valence-electron chi connectivity index (χ4n) is 2.73. The van der Waals surface area contributed by atoms with Crippen molar-refractivity contribution >= 4 is 17.5 Å². The van der Waals surface area contributed by atoms with Gasteiger partial charge in [-0.1, -0.05) is 29.8 Å². The van der Waals surface area contributed by atoms with E-state index in [0.29, 0.717) is 11.6 Å². The number of aromatic nitrogens is 4. The van der Waals surface area contributed by atoms with Crippen molar-refractivity contribution < 1.29 is 4.79 Å². The summed E-state index contributed by atoms with van der Waals surface area (Å²) in [6, 6.07) is 9.91. The molecule has 0 aliphatic heterocycles. The molecule has 2 aromatic heterocycles. The van der Waals surface area contributed by atoms with E-state index in [-0.39, 0.29) is 11.6 Å². The molecule has 0 spiro atoms. The largest absolute Gasteiger partial charge is 0.346 e. The first kappa shape index (κ1) is 17.2. The second kappa shape index (κ2) is 6.72. The number of rotatable bonds is 4. The van der Waals surface area contributed by atoms with Crippen LogP contribution in [-0.4, -0.2) is 25.5 Å². The second-order valence-electron chi connectivity index (χ2n) is 5.95. The highest BCUT2D eigenvalue weighted by Gasteiger charge is 2.19. The lowest BCUT2D eigenvalue weighted by Crippen LogP contribution is -2.24. The second-order valence-corrected chi connectivity index (χ2v) is 6.33. The van der Waals surface area contributed by atoms with Gasteiger partial charge in [0.2, 0.25) is 0 Å². The topological polar surface area (TPSA) is 64.7 Å². The fourth-order valence-corrected chi connectivity index (χ4v) is 2.98. The summed E-state index contributed by atoms with van der Waals surface area (Å²) < 4.78 is 3.48. The van der Waals surface area contributed by atoms with E-state index < -0.39 is 0 Å². The molecule has 7 heteroatoms. The van der Waals surface area contributed by atoms with Crippen molar-refractivity contribution in [1.82, 2.24) is 24.9 Å². The van der Waals surface area contributed by atoms with Gasteiger partial charge in [-0.25, -0.2) is 4.68 Å². The molecule has 0 aliphatic rings. The molecule has 130 valence electrons. The fraction of sp³-hybridized carbons (Fsp3) is 0.278. The Labute approximate surface area is 151 Å². The standard InChI is InChI=1S/C18H20ClN5O/c1-11-15(12(2)24(21-11)14-8-6-5-7-9-14)10-20-18(25)17-16(19)13(3)23(4)22-17/h5-9H,10H2,1-4H3,(H,20,25). The Hall–Kier alpha value is -2.60. The molecule has 3 aromatic rings. The van der Waals surface area contributed by atoms with Crippen molar-refractivity contribution in [2.45, 2.75) is 27.3 Å². The van der Waals surface area contributed by atoms with Crippen LogP contribution in [0.4, 0.5) is 0 Å². The van der Waals surface area contributed by atoms with Gasteiger partial charge in [-0.15, -0.1) is 0 Å². The third-order valence-corrected chi connectivity index (χ3v) is 4.80. The first-order valence-corrected chi connectivity index (χ1v) is 8.35. The van der Waals surface area contributed by atoms with E-state index in [1.165, 1.54) is 0 Å². The Morgan fingerprint density at radius 2 is 1.80 bits per heavy atom. The number of amides is 1. The third kappa shape index (κ3) is 3.17. The SMILES string of the molecule is Cc1nn(-c2ccccc2)c(C)c1CNC(=O)c1nn(C)c(C)c1Cl. The number of nitrogens with zero attached hydrogens (tertiary/aromatic N) is 4. The van der Waals surface area contributed by atoms with Crippen LogP contribution < -0.4 is 5.32 Å². The number of hydrogen-bond acceptors (Lipinski definition) is 3. The molecule has 1 amide bonds. The minimum Gasteiger partial charge on any atom is -0.346 e. The number of hydrogen-bond donors (Lipinski definition) is 1. The van der Waals surface area contributed by atoms with Gasteiger partial charge in [0, 0.05) is 24.8 Å². The number of para-hydroxylation sites is 1. The van der Waals surface area contributed by atoms with Gasteiger partial charge in [-0.05, 0) is 32.9 Å². The van der Waals surface area contributed by atoms with E-state index in [0.717, 1.165) is 28.3 Å². The molecule has 25 heavy (non-hydrogen) atoms. The summed E-state index contributed by atoms with van der Waals surface area (Å²) in [5.74, 6) is -0.292. The summed E-state index contributed by atoms with van der Waals surface area (Å²) in [4.78, 5) is 12.4. The van der Waals surface area contributed by atoms with Gasteiger partial charge in [-0.2, -0.15) is 10.2 Å². The lowest BCUT2D eigenvalue weighted by molar-refractivity contribution is 0.0945. The number of aryl methyl sites for hydroxylation is 2. The van der Waals surface area contributed by atoms with Crippen molar-refractivity contribution in [3.8, 4) is 5.69 Å². The van der Waals surface area contributed by atoms with Gasteiger partial charge in [-0.3, -0.25) is 9.48 Å². The molecular weight excluding hydrogens is 338 g/mol. The Morgan fingerprint density at radius 1 is 1.12 bits per heavy atom. The molecule has 6 nitrogen and oxygen atoms in total. The minimum absolute atomic E-state index is 0.243. The minimum atomic E-state index is -0.292. The lowest BCUT2D eigenvalue weighted by Gasteiger charge is -2.06. The van der Waals surface area contributed by atoms with Crippen molar-refractivity contribution in [3.05, 3.63) is 63.7 Å². The van der Waals surface area contributed by atoms with Crippen molar-refractivity contribution in [3.63, 3.8) is 0 Å². The lowest BCUT2D eigenvalue weighted by atomic mass is 10.2. The Bertz CT molecular complexity index is 927. The third-order valence-electron chi connectivity index (χ3n) is 4.34. The summed E-state index contributed by atoms with van der Waals surface area (Å²) in [7, 11) is 1.76. The van der Waals surface area contributed by atoms with Crippen LogP contribution in [-0.2, 0) is 13.6 Å². The number of halogens is 1. The number of carbonyl (C=O) groups excluding carboxylic acids is 1. The van der Waals surface area contributed by atoms with Gasteiger partial charge in [0.05, 0.1) is 22.1 Å². The summed E-state index contributed by atoms with van der Waals surface area (Å²) in [6.45, 7) is 6.12. The average molecular weight is 358 g/mol. The molecule has 0 atom stereocenters. The van der Waals surface area contributed by atoms with Crippen LogP contribution in [0.3, 0.4) is 0 Å². The maximum atomic E-state index is 12.4. The maximum Gasteiger partial charge on any atom is 0.273 e. The molecule has 3 rings (SSSR count). The quantitative estimate of drug-likeness (QED) is 0.780. The van der Waals surface area contributed by atoms with Crippen molar-refractivity contribution in [2.75, 3.05) is 0 Å². The number of carbonyl (C=O) groups is 1. The Balaban J connectivity index is 1.81. The van der Waals surface area contributed by atoms with Gasteiger partial charge >= 0.3 is 0 Å². The predicted octanol–water partition coefficient (Wildman–Crippen LogP) is 3.11.